The first-order valence-electron chi connectivity index (χ1n) is 3.32. The van der Waals surface area contributed by atoms with Crippen molar-refractivity contribution >= 4 is 28.7 Å². The molecular weight excluding hydrogens is 164 g/mol. The van der Waals surface area contributed by atoms with E-state index in [0.29, 0.717) is 0 Å². The Morgan fingerprint density at radius 2 is 2.20 bits per heavy atom. The number of nitrogens with one attached hydrogen (secondary N) is 1. The van der Waals surface area contributed by atoms with E-state index in [1.54, 1.807) is 0 Å². The van der Waals surface area contributed by atoms with Gasteiger partial charge < -0.3 is 5.73 Å². The smallest absolute Gasteiger partial charge is 0.151 e. The highest BCUT2D eigenvalue weighted by Crippen LogP contribution is 2.06. The summed E-state index contributed by atoms with van der Waals surface area (Å²) in [7, 11) is 0. The standard InChI is InChI=1S/C6H14N2S2/c1-2-9-4-3-5-10-6(7)8/h2-5H2,1H3,(H3,7,8). The molecule has 0 atom stereocenters. The van der Waals surface area contributed by atoms with Crippen LogP contribution in [-0.2, 0) is 0 Å². The van der Waals surface area contributed by atoms with E-state index in [2.05, 4.69) is 6.92 Å². The Hall–Kier alpha value is 0.170. The molecule has 0 aromatic carbocycles. The molecule has 0 saturated carbocycles. The summed E-state index contributed by atoms with van der Waals surface area (Å²) in [5.41, 5.74) is 5.15. The number of nitrogens with two attached hydrogens (primary N) is 1. The van der Waals surface area contributed by atoms with Crippen LogP contribution in [-0.4, -0.2) is 22.4 Å². The van der Waals surface area contributed by atoms with Crippen LogP contribution >= 0.6 is 23.5 Å². The van der Waals surface area contributed by atoms with E-state index in [9.17, 15) is 0 Å². The molecule has 0 aliphatic rings. The minimum Gasteiger partial charge on any atom is -0.379 e. The first-order valence-corrected chi connectivity index (χ1v) is 5.46. The van der Waals surface area contributed by atoms with Gasteiger partial charge in [-0.25, -0.2) is 0 Å². The molecule has 0 saturated heterocycles. The molecule has 0 rings (SSSR count). The molecule has 0 aliphatic heterocycles. The number of hydrogen-bond donors (Lipinski definition) is 2. The van der Waals surface area contributed by atoms with Gasteiger partial charge in [-0.3, -0.25) is 5.41 Å². The van der Waals surface area contributed by atoms with E-state index in [-0.39, 0.29) is 5.17 Å². The summed E-state index contributed by atoms with van der Waals surface area (Å²) in [6, 6.07) is 0. The van der Waals surface area contributed by atoms with Crippen molar-refractivity contribution in [2.24, 2.45) is 5.73 Å². The lowest BCUT2D eigenvalue weighted by atomic mass is 10.6. The third kappa shape index (κ3) is 8.17. The predicted molar refractivity (Wildman–Crippen MR) is 52.0 cm³/mol. The minimum absolute atomic E-state index is 0.237. The minimum atomic E-state index is 0.237. The fraction of sp³-hybridized carbons (Fsp3) is 0.833. The molecule has 3 N–H and O–H groups in total. The molecule has 0 aromatic heterocycles. The van der Waals surface area contributed by atoms with Gasteiger partial charge in [0.05, 0.1) is 0 Å². The molecule has 0 aliphatic carbocycles. The normalized spacial score (nSPS) is 9.70. The number of rotatable bonds is 5. The zero-order valence-electron chi connectivity index (χ0n) is 6.22. The molecule has 0 radical (unpaired) electrons. The molecule has 0 bridgehead atoms. The van der Waals surface area contributed by atoms with Crippen molar-refractivity contribution in [1.29, 1.82) is 5.41 Å². The lowest BCUT2D eigenvalue weighted by Gasteiger charge is -1.97. The molecule has 0 heterocycles. The fourth-order valence-corrected chi connectivity index (χ4v) is 1.82. The van der Waals surface area contributed by atoms with Crippen LogP contribution in [0.5, 0.6) is 0 Å². The summed E-state index contributed by atoms with van der Waals surface area (Å²) >= 11 is 3.36. The van der Waals surface area contributed by atoms with Gasteiger partial charge in [0.1, 0.15) is 0 Å². The van der Waals surface area contributed by atoms with Crippen LogP contribution in [0.2, 0.25) is 0 Å². The number of amidine groups is 1. The van der Waals surface area contributed by atoms with E-state index in [4.69, 9.17) is 11.1 Å². The molecule has 4 heteroatoms. The second-order valence-electron chi connectivity index (χ2n) is 1.76. The second-order valence-corrected chi connectivity index (χ2v) is 4.29. The van der Waals surface area contributed by atoms with Crippen molar-refractivity contribution in [3.63, 3.8) is 0 Å². The van der Waals surface area contributed by atoms with Gasteiger partial charge in [0.15, 0.2) is 5.17 Å². The van der Waals surface area contributed by atoms with Gasteiger partial charge in [-0.2, -0.15) is 11.8 Å². The van der Waals surface area contributed by atoms with Crippen molar-refractivity contribution in [3.8, 4) is 0 Å². The summed E-state index contributed by atoms with van der Waals surface area (Å²) in [6.45, 7) is 2.16. The zero-order chi connectivity index (χ0) is 7.82. The van der Waals surface area contributed by atoms with Crippen molar-refractivity contribution in [3.05, 3.63) is 0 Å². The largest absolute Gasteiger partial charge is 0.379 e. The van der Waals surface area contributed by atoms with Crippen LogP contribution in [0.25, 0.3) is 0 Å². The molecule has 0 aromatic rings. The maximum absolute atomic E-state index is 6.91. The van der Waals surface area contributed by atoms with E-state index in [1.807, 2.05) is 11.8 Å². The monoisotopic (exact) mass is 178 g/mol. The molecule has 60 valence electrons. The van der Waals surface area contributed by atoms with Gasteiger partial charge >= 0.3 is 0 Å². The van der Waals surface area contributed by atoms with Gasteiger partial charge in [0.25, 0.3) is 0 Å². The Labute approximate surface area is 70.8 Å². The average Bonchev–Trinajstić information content (AvgIpc) is 1.87. The summed E-state index contributed by atoms with van der Waals surface area (Å²) in [6.07, 6.45) is 1.16. The van der Waals surface area contributed by atoms with Gasteiger partial charge in [-0.15, -0.1) is 0 Å². The molecule has 0 spiro atoms. The third-order valence-electron chi connectivity index (χ3n) is 0.895. The average molecular weight is 178 g/mol. The van der Waals surface area contributed by atoms with E-state index < -0.39 is 0 Å². The van der Waals surface area contributed by atoms with Crippen molar-refractivity contribution in [2.45, 2.75) is 13.3 Å². The molecule has 0 fully saturated rings. The van der Waals surface area contributed by atoms with Crippen molar-refractivity contribution in [2.75, 3.05) is 17.3 Å². The van der Waals surface area contributed by atoms with Gasteiger partial charge in [-0.1, -0.05) is 18.7 Å². The van der Waals surface area contributed by atoms with Crippen molar-refractivity contribution < 1.29 is 0 Å². The Balaban J connectivity index is 2.84. The summed E-state index contributed by atoms with van der Waals surface area (Å²) in [4.78, 5) is 0. The SMILES string of the molecule is CCSCCCSC(=N)N. The molecule has 2 nitrogen and oxygen atoms in total. The first-order chi connectivity index (χ1) is 4.77. The first kappa shape index (κ1) is 10.2. The molecule has 0 unspecified atom stereocenters. The van der Waals surface area contributed by atoms with Gasteiger partial charge in [0, 0.05) is 5.75 Å². The lowest BCUT2D eigenvalue weighted by Crippen LogP contribution is -2.04. The lowest BCUT2D eigenvalue weighted by molar-refractivity contribution is 1.13. The van der Waals surface area contributed by atoms with Gasteiger partial charge in [0.2, 0.25) is 0 Å². The highest BCUT2D eigenvalue weighted by Gasteiger charge is 1.90. The highest BCUT2D eigenvalue weighted by molar-refractivity contribution is 8.13. The van der Waals surface area contributed by atoms with Crippen LogP contribution in [0.15, 0.2) is 0 Å². The van der Waals surface area contributed by atoms with Crippen LogP contribution in [0, 0.1) is 5.41 Å². The predicted octanol–water partition coefficient (Wildman–Crippen LogP) is 1.76. The quantitative estimate of drug-likeness (QED) is 0.383. The molecule has 0 amide bonds. The third-order valence-corrected chi connectivity index (χ3v) is 2.68. The Kier molecular flexibility index (Phi) is 7.40. The molecule has 10 heavy (non-hydrogen) atoms. The summed E-state index contributed by atoms with van der Waals surface area (Å²) in [5.74, 6) is 3.36. The maximum Gasteiger partial charge on any atom is 0.151 e. The molecular formula is C6H14N2S2. The second kappa shape index (κ2) is 7.28. The van der Waals surface area contributed by atoms with Crippen LogP contribution in [0.4, 0.5) is 0 Å². The zero-order valence-corrected chi connectivity index (χ0v) is 7.86. The van der Waals surface area contributed by atoms with E-state index in [1.165, 1.54) is 23.3 Å². The maximum atomic E-state index is 6.91. The van der Waals surface area contributed by atoms with Gasteiger partial charge in [-0.05, 0) is 17.9 Å². The number of hydrogen-bond acceptors (Lipinski definition) is 3. The van der Waals surface area contributed by atoms with Crippen LogP contribution in [0.3, 0.4) is 0 Å². The van der Waals surface area contributed by atoms with E-state index >= 15 is 0 Å². The fourth-order valence-electron chi connectivity index (χ4n) is 0.487. The van der Waals surface area contributed by atoms with Crippen LogP contribution in [0.1, 0.15) is 13.3 Å². The van der Waals surface area contributed by atoms with E-state index in [0.717, 1.165) is 12.2 Å². The Morgan fingerprint density at radius 1 is 1.50 bits per heavy atom. The highest BCUT2D eigenvalue weighted by atomic mass is 32.2. The Morgan fingerprint density at radius 3 is 2.70 bits per heavy atom. The summed E-state index contributed by atoms with van der Waals surface area (Å²) < 4.78 is 0. The number of thioether (sulfide) groups is 2. The summed E-state index contributed by atoms with van der Waals surface area (Å²) in [5, 5.41) is 7.15. The Bertz CT molecular complexity index is 95.7. The van der Waals surface area contributed by atoms with Crippen LogP contribution < -0.4 is 5.73 Å². The van der Waals surface area contributed by atoms with Crippen molar-refractivity contribution in [1.82, 2.24) is 0 Å². The topological polar surface area (TPSA) is 49.9 Å².